The van der Waals surface area contributed by atoms with Gasteiger partial charge in [0, 0.05) is 12.6 Å². The number of carboxylic acid groups (broad SMARTS) is 1. The van der Waals surface area contributed by atoms with Gasteiger partial charge in [-0.3, -0.25) is 4.79 Å². The number of hydrogen-bond donors (Lipinski definition) is 2. The van der Waals surface area contributed by atoms with Crippen LogP contribution in [0.5, 0.6) is 0 Å². The lowest BCUT2D eigenvalue weighted by atomic mass is 10.1. The summed E-state index contributed by atoms with van der Waals surface area (Å²) in [5, 5.41) is 11.8. The maximum absolute atomic E-state index is 12.2. The lowest BCUT2D eigenvalue weighted by molar-refractivity contribution is -0.140. The summed E-state index contributed by atoms with van der Waals surface area (Å²) in [6, 6.07) is -0.125. The molecule has 2 N–H and O–H groups in total. The SMILES string of the molecule is CCCCCN(C(=O)NC1C=CC(C(=O)O)C1)C(C)C. The van der Waals surface area contributed by atoms with Gasteiger partial charge in [-0.25, -0.2) is 4.79 Å². The number of unbranched alkanes of at least 4 members (excludes halogenated alkanes) is 2. The van der Waals surface area contributed by atoms with Gasteiger partial charge in [0.15, 0.2) is 0 Å². The van der Waals surface area contributed by atoms with Crippen molar-refractivity contribution in [1.29, 1.82) is 0 Å². The van der Waals surface area contributed by atoms with E-state index in [1.54, 1.807) is 12.2 Å². The molecule has 114 valence electrons. The van der Waals surface area contributed by atoms with E-state index >= 15 is 0 Å². The molecule has 1 aliphatic rings. The Hall–Kier alpha value is -1.52. The van der Waals surface area contributed by atoms with Crippen molar-refractivity contribution < 1.29 is 14.7 Å². The van der Waals surface area contributed by atoms with Gasteiger partial charge >= 0.3 is 12.0 Å². The van der Waals surface area contributed by atoms with Gasteiger partial charge < -0.3 is 15.3 Å². The normalized spacial score (nSPS) is 21.2. The zero-order chi connectivity index (χ0) is 15.1. The number of hydrogen-bond acceptors (Lipinski definition) is 2. The van der Waals surface area contributed by atoms with E-state index in [1.165, 1.54) is 0 Å². The number of nitrogens with zero attached hydrogens (tertiary/aromatic N) is 1. The van der Waals surface area contributed by atoms with E-state index in [9.17, 15) is 9.59 Å². The summed E-state index contributed by atoms with van der Waals surface area (Å²) < 4.78 is 0. The molecule has 0 aromatic rings. The second kappa shape index (κ2) is 7.92. The Kier molecular flexibility index (Phi) is 6.55. The largest absolute Gasteiger partial charge is 0.481 e. The van der Waals surface area contributed by atoms with E-state index in [0.717, 1.165) is 25.8 Å². The van der Waals surface area contributed by atoms with Gasteiger partial charge in [0.1, 0.15) is 0 Å². The summed E-state index contributed by atoms with van der Waals surface area (Å²) in [5.41, 5.74) is 0. The number of carbonyl (C=O) groups is 2. The summed E-state index contributed by atoms with van der Waals surface area (Å²) in [5.74, 6) is -1.31. The van der Waals surface area contributed by atoms with Gasteiger partial charge in [0.05, 0.1) is 12.0 Å². The summed E-state index contributed by atoms with van der Waals surface area (Å²) in [6.45, 7) is 6.87. The molecule has 0 spiro atoms. The number of carbonyl (C=O) groups excluding carboxylic acids is 1. The highest BCUT2D eigenvalue weighted by molar-refractivity contribution is 5.76. The molecule has 0 aromatic carbocycles. The van der Waals surface area contributed by atoms with Crippen LogP contribution in [0.1, 0.15) is 46.5 Å². The third-order valence-corrected chi connectivity index (χ3v) is 3.60. The summed E-state index contributed by atoms with van der Waals surface area (Å²) in [6.07, 6.45) is 7.12. The van der Waals surface area contributed by atoms with Crippen molar-refractivity contribution in [3.05, 3.63) is 12.2 Å². The Morgan fingerprint density at radius 1 is 1.35 bits per heavy atom. The first-order chi connectivity index (χ1) is 9.45. The molecule has 5 nitrogen and oxygen atoms in total. The molecule has 0 aromatic heterocycles. The zero-order valence-corrected chi connectivity index (χ0v) is 12.6. The number of nitrogens with one attached hydrogen (secondary N) is 1. The van der Waals surface area contributed by atoms with Crippen LogP contribution < -0.4 is 5.32 Å². The molecule has 2 amide bonds. The van der Waals surface area contributed by atoms with Crippen LogP contribution in [0, 0.1) is 5.92 Å². The number of amides is 2. The third kappa shape index (κ3) is 4.87. The molecule has 0 fully saturated rings. The van der Waals surface area contributed by atoms with Gasteiger partial charge in [-0.15, -0.1) is 0 Å². The third-order valence-electron chi connectivity index (χ3n) is 3.60. The molecule has 0 radical (unpaired) electrons. The standard InChI is InChI=1S/C15H26N2O3/c1-4-5-6-9-17(11(2)3)15(20)16-13-8-7-12(10-13)14(18)19/h7-8,11-13H,4-6,9-10H2,1-3H3,(H,16,20)(H,18,19). The summed E-state index contributed by atoms with van der Waals surface area (Å²) in [4.78, 5) is 24.9. The first-order valence-electron chi connectivity index (χ1n) is 7.44. The number of carboxylic acids is 1. The molecule has 2 unspecified atom stereocenters. The smallest absolute Gasteiger partial charge is 0.318 e. The van der Waals surface area contributed by atoms with Gasteiger partial charge in [0.2, 0.25) is 0 Å². The van der Waals surface area contributed by atoms with E-state index in [1.807, 2.05) is 18.7 Å². The average molecular weight is 282 g/mol. The number of urea groups is 1. The molecule has 5 heteroatoms. The molecule has 1 aliphatic carbocycles. The lowest BCUT2D eigenvalue weighted by Crippen LogP contribution is -2.47. The van der Waals surface area contributed by atoms with E-state index in [4.69, 9.17) is 5.11 Å². The van der Waals surface area contributed by atoms with E-state index in [2.05, 4.69) is 12.2 Å². The molecule has 0 heterocycles. The van der Waals surface area contributed by atoms with Crippen LogP contribution in [0.4, 0.5) is 4.79 Å². The van der Waals surface area contributed by atoms with Crippen molar-refractivity contribution in [2.45, 2.75) is 58.5 Å². The lowest BCUT2D eigenvalue weighted by Gasteiger charge is -2.28. The Labute approximate surface area is 121 Å². The van der Waals surface area contributed by atoms with Gasteiger partial charge in [-0.05, 0) is 26.7 Å². The first-order valence-corrected chi connectivity index (χ1v) is 7.44. The van der Waals surface area contributed by atoms with Crippen LogP contribution in [0.25, 0.3) is 0 Å². The monoisotopic (exact) mass is 282 g/mol. The molecule has 2 atom stereocenters. The Morgan fingerprint density at radius 3 is 2.55 bits per heavy atom. The van der Waals surface area contributed by atoms with Crippen molar-refractivity contribution in [3.8, 4) is 0 Å². The van der Waals surface area contributed by atoms with Gasteiger partial charge in [-0.1, -0.05) is 31.9 Å². The van der Waals surface area contributed by atoms with Gasteiger partial charge in [-0.2, -0.15) is 0 Å². The van der Waals surface area contributed by atoms with Crippen molar-refractivity contribution in [3.63, 3.8) is 0 Å². The molecular formula is C15H26N2O3. The van der Waals surface area contributed by atoms with Crippen molar-refractivity contribution in [2.75, 3.05) is 6.54 Å². The predicted molar refractivity (Wildman–Crippen MR) is 78.6 cm³/mol. The fourth-order valence-electron chi connectivity index (χ4n) is 2.36. The van der Waals surface area contributed by atoms with Crippen LogP contribution in [0.15, 0.2) is 12.2 Å². The molecular weight excluding hydrogens is 256 g/mol. The molecule has 20 heavy (non-hydrogen) atoms. The maximum Gasteiger partial charge on any atom is 0.318 e. The zero-order valence-electron chi connectivity index (χ0n) is 12.6. The first kappa shape index (κ1) is 16.5. The Balaban J connectivity index is 2.46. The Morgan fingerprint density at radius 2 is 2.05 bits per heavy atom. The minimum absolute atomic E-state index is 0.100. The molecule has 1 rings (SSSR count). The highest BCUT2D eigenvalue weighted by atomic mass is 16.4. The highest BCUT2D eigenvalue weighted by Gasteiger charge is 2.27. The second-order valence-corrected chi connectivity index (χ2v) is 5.62. The van der Waals surface area contributed by atoms with Crippen LogP contribution >= 0.6 is 0 Å². The minimum atomic E-state index is -0.832. The quantitative estimate of drug-likeness (QED) is 0.557. The topological polar surface area (TPSA) is 69.6 Å². The van der Waals surface area contributed by atoms with Gasteiger partial charge in [0.25, 0.3) is 0 Å². The van der Waals surface area contributed by atoms with E-state index < -0.39 is 11.9 Å². The van der Waals surface area contributed by atoms with Crippen molar-refractivity contribution in [1.82, 2.24) is 10.2 Å². The van der Waals surface area contributed by atoms with Crippen molar-refractivity contribution >= 4 is 12.0 Å². The van der Waals surface area contributed by atoms with Crippen LogP contribution in [0.3, 0.4) is 0 Å². The molecule has 0 saturated carbocycles. The van der Waals surface area contributed by atoms with Crippen molar-refractivity contribution in [2.24, 2.45) is 5.92 Å². The number of rotatable bonds is 7. The minimum Gasteiger partial charge on any atom is -0.481 e. The molecule has 0 saturated heterocycles. The molecule has 0 bridgehead atoms. The van der Waals surface area contributed by atoms with Crippen LogP contribution in [0.2, 0.25) is 0 Å². The second-order valence-electron chi connectivity index (χ2n) is 5.62. The maximum atomic E-state index is 12.2. The van der Waals surface area contributed by atoms with E-state index in [-0.39, 0.29) is 18.1 Å². The highest BCUT2D eigenvalue weighted by Crippen LogP contribution is 2.18. The Bertz CT molecular complexity index is 366. The predicted octanol–water partition coefficient (Wildman–Crippen LogP) is 2.63. The average Bonchev–Trinajstić information content (AvgIpc) is 2.82. The summed E-state index contributed by atoms with van der Waals surface area (Å²) in [7, 11) is 0. The molecule has 0 aliphatic heterocycles. The van der Waals surface area contributed by atoms with E-state index in [0.29, 0.717) is 6.42 Å². The fourth-order valence-corrected chi connectivity index (χ4v) is 2.36. The van der Waals surface area contributed by atoms with Crippen LogP contribution in [-0.4, -0.2) is 40.6 Å². The number of aliphatic carboxylic acids is 1. The summed E-state index contributed by atoms with van der Waals surface area (Å²) >= 11 is 0. The fraction of sp³-hybridized carbons (Fsp3) is 0.733. The van der Waals surface area contributed by atoms with Crippen LogP contribution in [-0.2, 0) is 4.79 Å².